The van der Waals surface area contributed by atoms with Crippen molar-refractivity contribution in [2.75, 3.05) is 12.4 Å². The number of hydrogen-bond donors (Lipinski definition) is 2. The number of hydrogen-bond acceptors (Lipinski definition) is 6. The molecule has 1 aromatic rings. The average molecular weight is 223 g/mol. The van der Waals surface area contributed by atoms with Crippen LogP contribution in [0.2, 0.25) is 0 Å². The van der Waals surface area contributed by atoms with Crippen LogP contribution < -0.4 is 15.8 Å². The molecule has 0 amide bonds. The zero-order valence-corrected chi connectivity index (χ0v) is 8.47. The minimum Gasteiger partial charge on any atom is -0.320 e. The van der Waals surface area contributed by atoms with Crippen molar-refractivity contribution in [1.82, 2.24) is 9.89 Å². The van der Waals surface area contributed by atoms with Gasteiger partial charge in [0.05, 0.1) is 0 Å². The molecule has 0 fully saturated rings. The Kier molecular flexibility index (Phi) is 2.68. The van der Waals surface area contributed by atoms with Crippen LogP contribution in [0, 0.1) is 0 Å². The highest BCUT2D eigenvalue weighted by Crippen LogP contribution is 2.03. The summed E-state index contributed by atoms with van der Waals surface area (Å²) >= 11 is 0.838. The third-order valence-electron chi connectivity index (χ3n) is 1.10. The fourth-order valence-electron chi connectivity index (χ4n) is 0.631. The number of nitrogens with two attached hydrogens (primary N) is 2. The first-order valence-corrected chi connectivity index (χ1v) is 5.70. The monoisotopic (exact) mass is 223 g/mol. The lowest BCUT2D eigenvalue weighted by Crippen LogP contribution is -2.24. The summed E-state index contributed by atoms with van der Waals surface area (Å²) in [5.74, 6) is 5.33. The molecule has 1 rings (SSSR count). The average Bonchev–Trinajstić information content (AvgIpc) is 2.32. The lowest BCUT2D eigenvalue weighted by molar-refractivity contribution is 0.592. The van der Waals surface area contributed by atoms with Gasteiger partial charge in [0.15, 0.2) is 0 Å². The van der Waals surface area contributed by atoms with Gasteiger partial charge in [0.25, 0.3) is 10.0 Å². The molecule has 0 unspecified atom stereocenters. The Balaban J connectivity index is 3.34. The molecule has 0 aliphatic rings. The SMILES string of the molecule is CC/N=c1/sc(S(N)(=O)=O)nn1N. The van der Waals surface area contributed by atoms with E-state index in [1.807, 2.05) is 0 Å². The molecule has 7 nitrogen and oxygen atoms in total. The molecule has 1 heterocycles. The van der Waals surface area contributed by atoms with E-state index in [4.69, 9.17) is 11.0 Å². The molecule has 4 N–H and O–H groups in total. The smallest absolute Gasteiger partial charge is 0.267 e. The van der Waals surface area contributed by atoms with Crippen LogP contribution in [0.15, 0.2) is 9.33 Å². The normalized spacial score (nSPS) is 13.5. The molecular formula is C4H9N5O2S2. The molecule has 0 aromatic carbocycles. The Labute approximate surface area is 78.7 Å². The molecular weight excluding hydrogens is 214 g/mol. The van der Waals surface area contributed by atoms with Gasteiger partial charge in [0, 0.05) is 6.54 Å². The van der Waals surface area contributed by atoms with Crippen molar-refractivity contribution in [3.05, 3.63) is 4.80 Å². The maximum Gasteiger partial charge on any atom is 0.267 e. The highest BCUT2D eigenvalue weighted by Gasteiger charge is 2.14. The van der Waals surface area contributed by atoms with E-state index in [2.05, 4.69) is 10.1 Å². The van der Waals surface area contributed by atoms with E-state index in [1.54, 1.807) is 6.92 Å². The second kappa shape index (κ2) is 3.44. The summed E-state index contributed by atoms with van der Waals surface area (Å²) < 4.78 is 21.4. The van der Waals surface area contributed by atoms with Crippen molar-refractivity contribution in [2.24, 2.45) is 10.1 Å². The first-order valence-electron chi connectivity index (χ1n) is 3.33. The summed E-state index contributed by atoms with van der Waals surface area (Å²) in [5.41, 5.74) is 0. The van der Waals surface area contributed by atoms with Crippen molar-refractivity contribution in [3.8, 4) is 0 Å². The van der Waals surface area contributed by atoms with Gasteiger partial charge in [-0.1, -0.05) is 11.3 Å². The number of primary sulfonamides is 1. The molecule has 0 saturated heterocycles. The van der Waals surface area contributed by atoms with E-state index in [0.29, 0.717) is 11.3 Å². The highest BCUT2D eigenvalue weighted by atomic mass is 32.2. The van der Waals surface area contributed by atoms with E-state index >= 15 is 0 Å². The number of rotatable bonds is 2. The number of nitrogen functional groups attached to an aromatic ring is 1. The summed E-state index contributed by atoms with van der Waals surface area (Å²) in [6.07, 6.45) is 0. The fourth-order valence-corrected chi connectivity index (χ4v) is 2.13. The van der Waals surface area contributed by atoms with Gasteiger partial charge in [-0.3, -0.25) is 4.99 Å². The van der Waals surface area contributed by atoms with Crippen molar-refractivity contribution in [1.29, 1.82) is 0 Å². The van der Waals surface area contributed by atoms with Crippen LogP contribution in [0.1, 0.15) is 6.92 Å². The van der Waals surface area contributed by atoms with Gasteiger partial charge >= 0.3 is 0 Å². The van der Waals surface area contributed by atoms with Gasteiger partial charge in [-0.05, 0) is 6.92 Å². The summed E-state index contributed by atoms with van der Waals surface area (Å²) in [7, 11) is -3.78. The molecule has 13 heavy (non-hydrogen) atoms. The zero-order chi connectivity index (χ0) is 10.1. The lowest BCUT2D eigenvalue weighted by atomic mass is 10.8. The van der Waals surface area contributed by atoms with Gasteiger partial charge < -0.3 is 5.84 Å². The van der Waals surface area contributed by atoms with E-state index in [1.165, 1.54) is 0 Å². The Morgan fingerprint density at radius 2 is 2.31 bits per heavy atom. The van der Waals surface area contributed by atoms with Crippen LogP contribution in [0.4, 0.5) is 0 Å². The third-order valence-corrected chi connectivity index (χ3v) is 3.37. The minimum absolute atomic E-state index is 0.234. The van der Waals surface area contributed by atoms with E-state index in [0.717, 1.165) is 16.1 Å². The van der Waals surface area contributed by atoms with Crippen LogP contribution in [-0.4, -0.2) is 24.9 Å². The lowest BCUT2D eigenvalue weighted by Gasteiger charge is -1.86. The summed E-state index contributed by atoms with van der Waals surface area (Å²) in [6, 6.07) is 0. The second-order valence-electron chi connectivity index (χ2n) is 2.11. The number of nitrogens with zero attached hydrogens (tertiary/aromatic N) is 3. The Bertz CT molecular complexity index is 455. The Morgan fingerprint density at radius 1 is 1.69 bits per heavy atom. The maximum atomic E-state index is 10.8. The van der Waals surface area contributed by atoms with Crippen LogP contribution in [-0.2, 0) is 10.0 Å². The van der Waals surface area contributed by atoms with E-state index < -0.39 is 10.0 Å². The largest absolute Gasteiger partial charge is 0.320 e. The van der Waals surface area contributed by atoms with Crippen LogP contribution in [0.3, 0.4) is 0 Å². The molecule has 0 aliphatic carbocycles. The van der Waals surface area contributed by atoms with Crippen LogP contribution in [0.25, 0.3) is 0 Å². The standard InChI is InChI=1S/C4H9N5O2S2/c1-2-7-3-9(5)8-4(12-3)13(6,10)11/h2,5H2,1H3,(H2,6,10,11)/b7-3+. The van der Waals surface area contributed by atoms with Crippen LogP contribution >= 0.6 is 11.3 Å². The van der Waals surface area contributed by atoms with Gasteiger partial charge in [0.2, 0.25) is 9.14 Å². The molecule has 0 aliphatic heterocycles. The molecule has 74 valence electrons. The number of sulfonamides is 1. The molecule has 1 aromatic heterocycles. The molecule has 0 spiro atoms. The van der Waals surface area contributed by atoms with Gasteiger partial charge in [-0.2, -0.15) is 0 Å². The maximum absolute atomic E-state index is 10.8. The minimum atomic E-state index is -3.78. The highest BCUT2D eigenvalue weighted by molar-refractivity contribution is 7.91. The van der Waals surface area contributed by atoms with Crippen molar-refractivity contribution in [3.63, 3.8) is 0 Å². The summed E-state index contributed by atoms with van der Waals surface area (Å²) in [6.45, 7) is 2.31. The topological polar surface area (TPSA) is 116 Å². The van der Waals surface area contributed by atoms with Gasteiger partial charge in [0.1, 0.15) is 0 Å². The Hall–Kier alpha value is -0.930. The molecule has 0 bridgehead atoms. The number of aromatic nitrogens is 2. The van der Waals surface area contributed by atoms with E-state index in [-0.39, 0.29) is 4.34 Å². The quantitative estimate of drug-likeness (QED) is 0.577. The molecule has 9 heteroatoms. The van der Waals surface area contributed by atoms with Crippen molar-refractivity contribution < 1.29 is 8.42 Å². The first kappa shape index (κ1) is 10.2. The first-order chi connectivity index (χ1) is 5.95. The summed E-state index contributed by atoms with van der Waals surface area (Å²) in [5, 5.41) is 8.35. The second-order valence-corrected chi connectivity index (χ2v) is 4.81. The fraction of sp³-hybridized carbons (Fsp3) is 0.500. The Morgan fingerprint density at radius 3 is 2.69 bits per heavy atom. The van der Waals surface area contributed by atoms with Crippen molar-refractivity contribution >= 4 is 21.4 Å². The van der Waals surface area contributed by atoms with Gasteiger partial charge in [-0.15, -0.1) is 9.89 Å². The van der Waals surface area contributed by atoms with Gasteiger partial charge in [-0.25, -0.2) is 13.6 Å². The predicted octanol–water partition coefficient (Wildman–Crippen LogP) is -1.77. The summed E-state index contributed by atoms with van der Waals surface area (Å²) in [4.78, 5) is 5.14. The molecule has 0 radical (unpaired) electrons. The van der Waals surface area contributed by atoms with Crippen molar-refractivity contribution in [2.45, 2.75) is 11.3 Å². The predicted molar refractivity (Wildman–Crippen MR) is 47.7 cm³/mol. The van der Waals surface area contributed by atoms with E-state index in [9.17, 15) is 8.42 Å². The molecule has 0 saturated carbocycles. The molecule has 0 atom stereocenters. The zero-order valence-electron chi connectivity index (χ0n) is 6.84. The van der Waals surface area contributed by atoms with Crippen LogP contribution in [0.5, 0.6) is 0 Å². The third kappa shape index (κ3) is 2.26.